The van der Waals surface area contributed by atoms with E-state index >= 15 is 0 Å². The number of hydrogen-bond acceptors (Lipinski definition) is 3. The first kappa shape index (κ1) is 16.0. The van der Waals surface area contributed by atoms with E-state index in [4.69, 9.17) is 0 Å². The van der Waals surface area contributed by atoms with Crippen LogP contribution >= 0.6 is 0 Å². The van der Waals surface area contributed by atoms with Crippen LogP contribution in [0, 0.1) is 6.92 Å². The Morgan fingerprint density at radius 2 is 1.69 bits per heavy atom. The van der Waals surface area contributed by atoms with Crippen LogP contribution in [0.3, 0.4) is 0 Å². The van der Waals surface area contributed by atoms with Gasteiger partial charge >= 0.3 is 0 Å². The first-order valence-corrected chi connectivity index (χ1v) is 8.39. The zero-order chi connectivity index (χ0) is 17.9. The summed E-state index contributed by atoms with van der Waals surface area (Å²) in [6, 6.07) is 22.9. The van der Waals surface area contributed by atoms with Crippen LogP contribution in [0.25, 0.3) is 16.5 Å². The van der Waals surface area contributed by atoms with E-state index < -0.39 is 0 Å². The molecule has 4 heteroatoms. The molecule has 26 heavy (non-hydrogen) atoms. The fraction of sp³-hybridized carbons (Fsp3) is 0.0455. The third-order valence-corrected chi connectivity index (χ3v) is 4.22. The average Bonchev–Trinajstić information content (AvgIpc) is 2.81. The fourth-order valence-corrected chi connectivity index (χ4v) is 2.88. The second kappa shape index (κ2) is 6.76. The van der Waals surface area contributed by atoms with Gasteiger partial charge in [-0.15, -0.1) is 0 Å². The summed E-state index contributed by atoms with van der Waals surface area (Å²) < 4.78 is 1.65. The van der Waals surface area contributed by atoms with Gasteiger partial charge in [-0.25, -0.2) is 4.99 Å². The first-order chi connectivity index (χ1) is 12.7. The van der Waals surface area contributed by atoms with E-state index in [9.17, 15) is 4.79 Å². The summed E-state index contributed by atoms with van der Waals surface area (Å²) in [5, 5.41) is 1.53. The monoisotopic (exact) mass is 339 g/mol. The van der Waals surface area contributed by atoms with Crippen LogP contribution in [0.4, 0.5) is 5.69 Å². The maximum Gasteiger partial charge on any atom is 0.264 e. The number of aryl methyl sites for hydroxylation is 1. The van der Waals surface area contributed by atoms with E-state index in [0.717, 1.165) is 16.6 Å². The lowest BCUT2D eigenvalue weighted by Crippen LogP contribution is -2.28. The van der Waals surface area contributed by atoms with Gasteiger partial charge < -0.3 is 0 Å². The van der Waals surface area contributed by atoms with Crippen LogP contribution < -0.4 is 11.0 Å². The highest BCUT2D eigenvalue weighted by atomic mass is 16.1. The lowest BCUT2D eigenvalue weighted by Gasteiger charge is -2.05. The second-order valence-corrected chi connectivity index (χ2v) is 6.08. The third-order valence-electron chi connectivity index (χ3n) is 4.22. The number of pyridine rings is 1. The van der Waals surface area contributed by atoms with Gasteiger partial charge in [-0.1, -0.05) is 42.0 Å². The number of hydrogen-bond donors (Lipinski definition) is 0. The summed E-state index contributed by atoms with van der Waals surface area (Å²) in [4.78, 5) is 22.1. The molecule has 2 aromatic heterocycles. The fourth-order valence-electron chi connectivity index (χ4n) is 2.88. The van der Waals surface area contributed by atoms with Crippen LogP contribution in [0.5, 0.6) is 0 Å². The summed E-state index contributed by atoms with van der Waals surface area (Å²) >= 11 is 0. The van der Waals surface area contributed by atoms with Crippen LogP contribution in [0.2, 0.25) is 0 Å². The quantitative estimate of drug-likeness (QED) is 0.555. The Morgan fingerprint density at radius 1 is 0.885 bits per heavy atom. The molecule has 0 unspecified atom stereocenters. The number of aromatic nitrogens is 2. The van der Waals surface area contributed by atoms with Crippen molar-refractivity contribution in [2.75, 3.05) is 0 Å². The SMILES string of the molecule is Cc1ccc(-n2c(=Nc3cccnc3)ccc3ccccc3c2=O)cc1. The Balaban J connectivity index is 2.14. The Morgan fingerprint density at radius 3 is 2.46 bits per heavy atom. The number of fused-ring (bicyclic) bond motifs is 1. The highest BCUT2D eigenvalue weighted by Crippen LogP contribution is 2.11. The van der Waals surface area contributed by atoms with Crippen LogP contribution in [-0.2, 0) is 0 Å². The van der Waals surface area contributed by atoms with Gasteiger partial charge in [0.15, 0.2) is 0 Å². The van der Waals surface area contributed by atoms with E-state index in [2.05, 4.69) is 9.98 Å². The van der Waals surface area contributed by atoms with E-state index in [0.29, 0.717) is 16.6 Å². The Kier molecular flexibility index (Phi) is 4.15. The van der Waals surface area contributed by atoms with E-state index in [1.165, 1.54) is 0 Å². The molecule has 0 aliphatic carbocycles. The van der Waals surface area contributed by atoms with Gasteiger partial charge in [0, 0.05) is 11.6 Å². The molecule has 0 bridgehead atoms. The van der Waals surface area contributed by atoms with Crippen molar-refractivity contribution in [3.05, 3.63) is 107 Å². The number of rotatable bonds is 2. The molecule has 0 radical (unpaired) electrons. The molecule has 0 aliphatic heterocycles. The summed E-state index contributed by atoms with van der Waals surface area (Å²) in [5.74, 6) is 0. The molecule has 0 atom stereocenters. The molecule has 0 spiro atoms. The topological polar surface area (TPSA) is 47.2 Å². The Hall–Kier alpha value is -3.53. The average molecular weight is 339 g/mol. The van der Waals surface area contributed by atoms with Crippen molar-refractivity contribution < 1.29 is 0 Å². The Labute approximate surface area is 150 Å². The zero-order valence-corrected chi connectivity index (χ0v) is 14.3. The molecule has 0 fully saturated rings. The van der Waals surface area contributed by atoms with Gasteiger partial charge in [-0.3, -0.25) is 14.3 Å². The summed E-state index contributed by atoms with van der Waals surface area (Å²) in [6.07, 6.45) is 3.38. The maximum absolute atomic E-state index is 13.3. The molecule has 2 aromatic carbocycles. The van der Waals surface area contributed by atoms with Crippen LogP contribution in [-0.4, -0.2) is 9.55 Å². The Bertz CT molecular complexity index is 1190. The largest absolute Gasteiger partial charge is 0.268 e. The van der Waals surface area contributed by atoms with E-state index in [1.54, 1.807) is 17.0 Å². The molecule has 0 amide bonds. The number of benzene rings is 2. The summed E-state index contributed by atoms with van der Waals surface area (Å²) in [5.41, 5.74) is 3.07. The predicted molar refractivity (Wildman–Crippen MR) is 104 cm³/mol. The molecule has 0 saturated carbocycles. The normalized spacial score (nSPS) is 11.7. The van der Waals surface area contributed by atoms with Gasteiger partial charge in [0.05, 0.1) is 17.6 Å². The smallest absolute Gasteiger partial charge is 0.264 e. The van der Waals surface area contributed by atoms with Gasteiger partial charge in [-0.2, -0.15) is 0 Å². The van der Waals surface area contributed by atoms with E-state index in [1.807, 2.05) is 79.7 Å². The maximum atomic E-state index is 13.3. The molecule has 4 nitrogen and oxygen atoms in total. The van der Waals surface area contributed by atoms with Crippen molar-refractivity contribution in [1.29, 1.82) is 0 Å². The highest BCUT2D eigenvalue weighted by Gasteiger charge is 2.06. The molecule has 0 saturated heterocycles. The summed E-state index contributed by atoms with van der Waals surface area (Å²) in [6.45, 7) is 2.02. The molecule has 4 aromatic rings. The van der Waals surface area contributed by atoms with Crippen molar-refractivity contribution in [2.45, 2.75) is 6.92 Å². The van der Waals surface area contributed by atoms with Gasteiger partial charge in [-0.05, 0) is 48.7 Å². The molecule has 4 rings (SSSR count). The first-order valence-electron chi connectivity index (χ1n) is 8.39. The van der Waals surface area contributed by atoms with Gasteiger partial charge in [0.25, 0.3) is 5.56 Å². The minimum Gasteiger partial charge on any atom is -0.268 e. The molecule has 126 valence electrons. The van der Waals surface area contributed by atoms with Crippen molar-refractivity contribution in [1.82, 2.24) is 9.55 Å². The molecule has 0 N–H and O–H groups in total. The predicted octanol–water partition coefficient (Wildman–Crippen LogP) is 3.93. The molecule has 2 heterocycles. The standard InChI is InChI=1S/C22H17N3O/c1-16-8-11-19(12-9-16)25-21(24-18-6-4-14-23-15-18)13-10-17-5-2-3-7-20(17)22(25)26/h2-15H,1H3. The zero-order valence-electron chi connectivity index (χ0n) is 14.3. The molecular formula is C22H17N3O. The lowest BCUT2D eigenvalue weighted by atomic mass is 10.2. The van der Waals surface area contributed by atoms with Gasteiger partial charge in [0.2, 0.25) is 0 Å². The second-order valence-electron chi connectivity index (χ2n) is 6.08. The van der Waals surface area contributed by atoms with Crippen LogP contribution in [0.1, 0.15) is 5.56 Å². The van der Waals surface area contributed by atoms with E-state index in [-0.39, 0.29) is 5.56 Å². The minimum absolute atomic E-state index is 0.0999. The van der Waals surface area contributed by atoms with Crippen molar-refractivity contribution in [3.63, 3.8) is 0 Å². The van der Waals surface area contributed by atoms with Crippen molar-refractivity contribution in [2.24, 2.45) is 4.99 Å². The highest BCUT2D eigenvalue weighted by molar-refractivity contribution is 5.81. The van der Waals surface area contributed by atoms with Crippen molar-refractivity contribution >= 4 is 16.5 Å². The number of nitrogens with zero attached hydrogens (tertiary/aromatic N) is 3. The van der Waals surface area contributed by atoms with Crippen LogP contribution in [0.15, 0.2) is 95.0 Å². The summed E-state index contributed by atoms with van der Waals surface area (Å²) in [7, 11) is 0. The van der Waals surface area contributed by atoms with Crippen molar-refractivity contribution in [3.8, 4) is 5.69 Å². The molecule has 0 aliphatic rings. The lowest BCUT2D eigenvalue weighted by molar-refractivity contribution is 0.929. The minimum atomic E-state index is -0.0999. The van der Waals surface area contributed by atoms with Gasteiger partial charge in [0.1, 0.15) is 5.49 Å². The third kappa shape index (κ3) is 3.05. The molecular weight excluding hydrogens is 322 g/mol.